The lowest BCUT2D eigenvalue weighted by molar-refractivity contribution is -0.121. The average molecular weight is 370 g/mol. The largest absolute Gasteiger partial charge is 0.341 e. The minimum absolute atomic E-state index is 0.0359. The summed E-state index contributed by atoms with van der Waals surface area (Å²) in [5.41, 5.74) is 3.32. The van der Waals surface area contributed by atoms with Crippen LogP contribution < -0.4 is 5.32 Å². The molecule has 136 valence electrons. The second-order valence-electron chi connectivity index (χ2n) is 6.87. The molecule has 8 heteroatoms. The van der Waals surface area contributed by atoms with Crippen LogP contribution in [0.2, 0.25) is 0 Å². The molecule has 1 aliphatic rings. The molecule has 0 spiro atoms. The zero-order chi connectivity index (χ0) is 18.1. The van der Waals surface area contributed by atoms with E-state index in [0.29, 0.717) is 5.13 Å². The zero-order valence-corrected chi connectivity index (χ0v) is 15.8. The van der Waals surface area contributed by atoms with Crippen LogP contribution in [0.5, 0.6) is 0 Å². The Balaban J connectivity index is 1.32. The highest BCUT2D eigenvalue weighted by atomic mass is 32.1. The Morgan fingerprint density at radius 1 is 1.31 bits per heavy atom. The monoisotopic (exact) mass is 370 g/mol. The van der Waals surface area contributed by atoms with Crippen LogP contribution in [0.15, 0.2) is 18.2 Å². The van der Waals surface area contributed by atoms with E-state index in [1.807, 2.05) is 6.92 Å². The van der Waals surface area contributed by atoms with Gasteiger partial charge in [-0.15, -0.1) is 10.2 Å². The van der Waals surface area contributed by atoms with Crippen LogP contribution in [-0.4, -0.2) is 44.1 Å². The summed E-state index contributed by atoms with van der Waals surface area (Å²) in [4.78, 5) is 22.8. The first-order valence-electron chi connectivity index (χ1n) is 8.85. The number of aromatic amines is 1. The van der Waals surface area contributed by atoms with E-state index < -0.39 is 0 Å². The number of H-pyrrole nitrogens is 1. The highest BCUT2D eigenvalue weighted by molar-refractivity contribution is 7.15. The summed E-state index contributed by atoms with van der Waals surface area (Å²) in [5.74, 6) is 1.08. The molecule has 26 heavy (non-hydrogen) atoms. The van der Waals surface area contributed by atoms with Crippen molar-refractivity contribution in [1.82, 2.24) is 25.1 Å². The fourth-order valence-electron chi connectivity index (χ4n) is 3.37. The third-order valence-electron chi connectivity index (χ3n) is 4.77. The molecule has 2 aromatic heterocycles. The Kier molecular flexibility index (Phi) is 4.69. The van der Waals surface area contributed by atoms with Crippen molar-refractivity contribution >= 4 is 33.4 Å². The van der Waals surface area contributed by atoms with E-state index in [4.69, 9.17) is 0 Å². The molecule has 2 N–H and O–H groups in total. The SMILES string of the molecule is Cc1ccc2nc(CN3CCC(C(=O)Nc4nnc(C)s4)CC3)[nH]c2c1. The van der Waals surface area contributed by atoms with Crippen molar-refractivity contribution in [2.75, 3.05) is 18.4 Å². The number of anilines is 1. The lowest BCUT2D eigenvalue weighted by atomic mass is 9.96. The molecular formula is C18H22N6OS. The Hall–Kier alpha value is -2.32. The van der Waals surface area contributed by atoms with E-state index in [2.05, 4.69) is 55.5 Å². The number of rotatable bonds is 4. The Morgan fingerprint density at radius 2 is 2.12 bits per heavy atom. The smallest absolute Gasteiger partial charge is 0.229 e. The van der Waals surface area contributed by atoms with Gasteiger partial charge in [0.25, 0.3) is 0 Å². The predicted octanol–water partition coefficient (Wildman–Crippen LogP) is 2.88. The van der Waals surface area contributed by atoms with Crippen LogP contribution in [0.1, 0.15) is 29.2 Å². The summed E-state index contributed by atoms with van der Waals surface area (Å²) >= 11 is 1.41. The number of benzene rings is 1. The number of nitrogens with zero attached hydrogens (tertiary/aromatic N) is 4. The number of hydrogen-bond acceptors (Lipinski definition) is 6. The Morgan fingerprint density at radius 3 is 2.85 bits per heavy atom. The number of carbonyl (C=O) groups is 1. The van der Waals surface area contributed by atoms with Gasteiger partial charge in [-0.25, -0.2) is 4.98 Å². The summed E-state index contributed by atoms with van der Waals surface area (Å²) in [6, 6.07) is 6.25. The van der Waals surface area contributed by atoms with Gasteiger partial charge in [0.05, 0.1) is 17.6 Å². The van der Waals surface area contributed by atoms with Crippen molar-refractivity contribution in [3.8, 4) is 0 Å². The standard InChI is InChI=1S/C18H22N6OS/c1-11-3-4-14-15(9-11)20-16(19-14)10-24-7-5-13(6-8-24)17(25)21-18-23-22-12(2)26-18/h3-4,9,13H,5-8,10H2,1-2H3,(H,19,20)(H,21,23,25). The van der Waals surface area contributed by atoms with Crippen molar-refractivity contribution in [2.45, 2.75) is 33.2 Å². The van der Waals surface area contributed by atoms with Gasteiger partial charge in [-0.3, -0.25) is 9.69 Å². The van der Waals surface area contributed by atoms with Crippen molar-refractivity contribution in [3.63, 3.8) is 0 Å². The van der Waals surface area contributed by atoms with E-state index in [1.54, 1.807) is 0 Å². The number of hydrogen-bond donors (Lipinski definition) is 2. The molecule has 3 aromatic rings. The summed E-state index contributed by atoms with van der Waals surface area (Å²) < 4.78 is 0. The Labute approximate surface area is 155 Å². The normalized spacial score (nSPS) is 16.2. The number of aromatic nitrogens is 4. The highest BCUT2D eigenvalue weighted by Gasteiger charge is 2.26. The van der Waals surface area contributed by atoms with Crippen molar-refractivity contribution in [2.24, 2.45) is 5.92 Å². The maximum atomic E-state index is 12.4. The maximum Gasteiger partial charge on any atom is 0.229 e. The topological polar surface area (TPSA) is 86.8 Å². The second-order valence-corrected chi connectivity index (χ2v) is 8.05. The van der Waals surface area contributed by atoms with E-state index in [1.165, 1.54) is 16.9 Å². The number of carbonyl (C=O) groups excluding carboxylic acids is 1. The van der Waals surface area contributed by atoms with Gasteiger partial charge in [0.2, 0.25) is 11.0 Å². The molecule has 0 bridgehead atoms. The predicted molar refractivity (Wildman–Crippen MR) is 102 cm³/mol. The van der Waals surface area contributed by atoms with Crippen LogP contribution >= 0.6 is 11.3 Å². The first-order chi connectivity index (χ1) is 12.6. The third kappa shape index (κ3) is 3.76. The minimum Gasteiger partial charge on any atom is -0.341 e. The second kappa shape index (κ2) is 7.13. The van der Waals surface area contributed by atoms with Gasteiger partial charge in [0.15, 0.2) is 0 Å². The molecule has 1 aromatic carbocycles. The van der Waals surface area contributed by atoms with Crippen molar-refractivity contribution < 1.29 is 4.79 Å². The van der Waals surface area contributed by atoms with Crippen LogP contribution in [0, 0.1) is 19.8 Å². The molecule has 1 aliphatic heterocycles. The molecule has 1 saturated heterocycles. The maximum absolute atomic E-state index is 12.4. The number of imidazole rings is 1. The van der Waals surface area contributed by atoms with Crippen molar-refractivity contribution in [1.29, 1.82) is 0 Å². The fourth-order valence-corrected chi connectivity index (χ4v) is 3.97. The molecule has 0 atom stereocenters. The van der Waals surface area contributed by atoms with Gasteiger partial charge in [-0.2, -0.15) is 0 Å². The lowest BCUT2D eigenvalue weighted by Crippen LogP contribution is -2.38. The molecule has 1 fully saturated rings. The zero-order valence-electron chi connectivity index (χ0n) is 15.0. The molecule has 1 amide bonds. The minimum atomic E-state index is 0.0359. The molecule has 0 unspecified atom stereocenters. The van der Waals surface area contributed by atoms with E-state index in [0.717, 1.165) is 54.3 Å². The number of nitrogens with one attached hydrogen (secondary N) is 2. The molecule has 0 saturated carbocycles. The summed E-state index contributed by atoms with van der Waals surface area (Å²) in [6.07, 6.45) is 1.70. The summed E-state index contributed by atoms with van der Waals surface area (Å²) in [6.45, 7) is 6.54. The van der Waals surface area contributed by atoms with E-state index in [-0.39, 0.29) is 11.8 Å². The van der Waals surface area contributed by atoms with Crippen molar-refractivity contribution in [3.05, 3.63) is 34.6 Å². The van der Waals surface area contributed by atoms with Crippen LogP contribution in [0.3, 0.4) is 0 Å². The quantitative estimate of drug-likeness (QED) is 0.737. The molecule has 3 heterocycles. The molecule has 0 aliphatic carbocycles. The number of aryl methyl sites for hydroxylation is 2. The fraction of sp³-hybridized carbons (Fsp3) is 0.444. The van der Waals surface area contributed by atoms with E-state index >= 15 is 0 Å². The van der Waals surface area contributed by atoms with Crippen LogP contribution in [0.25, 0.3) is 11.0 Å². The van der Waals surface area contributed by atoms with E-state index in [9.17, 15) is 4.79 Å². The number of likely N-dealkylation sites (tertiary alicyclic amines) is 1. The summed E-state index contributed by atoms with van der Waals surface area (Å²) in [5, 5.41) is 12.2. The number of fused-ring (bicyclic) bond motifs is 1. The molecular weight excluding hydrogens is 348 g/mol. The molecule has 7 nitrogen and oxygen atoms in total. The molecule has 4 rings (SSSR count). The third-order valence-corrected chi connectivity index (χ3v) is 5.53. The van der Waals surface area contributed by atoms with Crippen LogP contribution in [0.4, 0.5) is 5.13 Å². The highest BCUT2D eigenvalue weighted by Crippen LogP contribution is 2.22. The first-order valence-corrected chi connectivity index (χ1v) is 9.67. The number of piperidine rings is 1. The summed E-state index contributed by atoms with van der Waals surface area (Å²) in [7, 11) is 0. The van der Waals surface area contributed by atoms with Gasteiger partial charge in [0.1, 0.15) is 10.8 Å². The molecule has 0 radical (unpaired) electrons. The van der Waals surface area contributed by atoms with Gasteiger partial charge in [-0.05, 0) is 57.5 Å². The van der Waals surface area contributed by atoms with Gasteiger partial charge in [-0.1, -0.05) is 17.4 Å². The Bertz CT molecular complexity index is 925. The lowest BCUT2D eigenvalue weighted by Gasteiger charge is -2.30. The average Bonchev–Trinajstić information content (AvgIpc) is 3.20. The van der Waals surface area contributed by atoms with Gasteiger partial charge < -0.3 is 10.3 Å². The van der Waals surface area contributed by atoms with Gasteiger partial charge >= 0.3 is 0 Å². The first kappa shape index (κ1) is 17.1. The van der Waals surface area contributed by atoms with Crippen LogP contribution in [-0.2, 0) is 11.3 Å². The number of amides is 1. The van der Waals surface area contributed by atoms with Gasteiger partial charge in [0, 0.05) is 5.92 Å².